The summed E-state index contributed by atoms with van der Waals surface area (Å²) in [6.45, 7) is 23.2. The van der Waals surface area contributed by atoms with Gasteiger partial charge >= 0.3 is 0 Å². The van der Waals surface area contributed by atoms with E-state index in [1.165, 1.54) is 64.2 Å². The lowest BCUT2D eigenvalue weighted by molar-refractivity contribution is 0.0953. The van der Waals surface area contributed by atoms with E-state index in [1.807, 2.05) is 12.1 Å². The molecule has 0 aliphatic carbocycles. The summed E-state index contributed by atoms with van der Waals surface area (Å²) in [5, 5.41) is 2.91. The van der Waals surface area contributed by atoms with E-state index >= 15 is 0 Å². The molecule has 0 unspecified atom stereocenters. The molecule has 6 heteroatoms. The standard InChI is InChI=1S/C40H74N2O4/c1-30(2)14-10-11-17-33(7)20-25-44-37-28-36(40(43)42-24-23-41)29-38(45-26-21-34(8)18-12-15-31(3)4)39(37)46-27-22-35(9)19-13-16-32(5)6/h28-35H,10-27,41H2,1-9H3,(H,42,43)/t33-,34-,35-/m0/s1. The fraction of sp³-hybridized carbons (Fsp3) is 0.825. The van der Waals surface area contributed by atoms with E-state index in [9.17, 15) is 4.79 Å². The highest BCUT2D eigenvalue weighted by Crippen LogP contribution is 2.40. The van der Waals surface area contributed by atoms with Crippen LogP contribution in [0.15, 0.2) is 12.1 Å². The minimum absolute atomic E-state index is 0.175. The molecule has 0 aliphatic heterocycles. The lowest BCUT2D eigenvalue weighted by atomic mass is 9.97. The zero-order chi connectivity index (χ0) is 34.3. The average molecular weight is 647 g/mol. The van der Waals surface area contributed by atoms with Crippen molar-refractivity contribution in [2.75, 3.05) is 32.9 Å². The van der Waals surface area contributed by atoms with Gasteiger partial charge in [-0.1, -0.05) is 127 Å². The third-order valence-corrected chi connectivity index (χ3v) is 8.99. The average Bonchev–Trinajstić information content (AvgIpc) is 2.98. The highest BCUT2D eigenvalue weighted by Gasteiger charge is 2.20. The Morgan fingerprint density at radius 2 is 0.978 bits per heavy atom. The van der Waals surface area contributed by atoms with Crippen LogP contribution >= 0.6 is 0 Å². The van der Waals surface area contributed by atoms with Crippen LogP contribution in [0.5, 0.6) is 17.2 Å². The maximum absolute atomic E-state index is 13.1. The second-order valence-corrected chi connectivity index (χ2v) is 15.4. The molecular weight excluding hydrogens is 572 g/mol. The van der Waals surface area contributed by atoms with Gasteiger partial charge in [0.2, 0.25) is 5.75 Å². The van der Waals surface area contributed by atoms with Crippen LogP contribution in [0.3, 0.4) is 0 Å². The van der Waals surface area contributed by atoms with Crippen molar-refractivity contribution in [3.8, 4) is 17.2 Å². The first kappa shape index (κ1) is 42.1. The molecule has 0 heterocycles. The third kappa shape index (κ3) is 20.3. The first-order chi connectivity index (χ1) is 21.9. The maximum atomic E-state index is 13.1. The molecule has 0 aliphatic rings. The van der Waals surface area contributed by atoms with Gasteiger partial charge in [-0.05, 0) is 66.9 Å². The minimum atomic E-state index is -0.175. The number of benzene rings is 1. The van der Waals surface area contributed by atoms with E-state index in [1.54, 1.807) is 0 Å². The van der Waals surface area contributed by atoms with E-state index < -0.39 is 0 Å². The molecular formula is C40H74N2O4. The van der Waals surface area contributed by atoms with E-state index in [4.69, 9.17) is 19.9 Å². The van der Waals surface area contributed by atoms with Gasteiger partial charge in [0.1, 0.15) is 0 Å². The molecule has 1 aromatic rings. The van der Waals surface area contributed by atoms with Crippen LogP contribution in [0.4, 0.5) is 0 Å². The van der Waals surface area contributed by atoms with Crippen LogP contribution in [-0.4, -0.2) is 38.8 Å². The molecule has 268 valence electrons. The normalized spacial score (nSPS) is 13.7. The molecule has 1 aromatic carbocycles. The second-order valence-electron chi connectivity index (χ2n) is 15.4. The molecule has 0 saturated heterocycles. The molecule has 0 fully saturated rings. The molecule has 1 amide bonds. The van der Waals surface area contributed by atoms with Gasteiger partial charge in [0, 0.05) is 18.7 Å². The van der Waals surface area contributed by atoms with Crippen LogP contribution < -0.4 is 25.3 Å². The summed E-state index contributed by atoms with van der Waals surface area (Å²) >= 11 is 0. The lowest BCUT2D eigenvalue weighted by Gasteiger charge is -2.21. The molecule has 0 aromatic heterocycles. The molecule has 6 nitrogen and oxygen atoms in total. The van der Waals surface area contributed by atoms with Gasteiger partial charge in [-0.15, -0.1) is 0 Å². The maximum Gasteiger partial charge on any atom is 0.251 e. The monoisotopic (exact) mass is 647 g/mol. The van der Waals surface area contributed by atoms with Crippen LogP contribution in [0.1, 0.15) is 156 Å². The van der Waals surface area contributed by atoms with Crippen molar-refractivity contribution in [3.63, 3.8) is 0 Å². The van der Waals surface area contributed by atoms with E-state index in [2.05, 4.69) is 67.6 Å². The van der Waals surface area contributed by atoms with Crippen molar-refractivity contribution in [2.24, 2.45) is 41.2 Å². The van der Waals surface area contributed by atoms with E-state index in [-0.39, 0.29) is 5.91 Å². The predicted octanol–water partition coefficient (Wildman–Crippen LogP) is 10.5. The van der Waals surface area contributed by atoms with Gasteiger partial charge < -0.3 is 25.3 Å². The summed E-state index contributed by atoms with van der Waals surface area (Å²) in [4.78, 5) is 13.1. The Kier molecular flexibility index (Phi) is 23.0. The highest BCUT2D eigenvalue weighted by molar-refractivity contribution is 5.95. The topological polar surface area (TPSA) is 82.8 Å². The second kappa shape index (κ2) is 25.1. The number of nitrogens with two attached hydrogens (primary N) is 1. The Morgan fingerprint density at radius 3 is 1.41 bits per heavy atom. The lowest BCUT2D eigenvalue weighted by Crippen LogP contribution is -2.29. The zero-order valence-corrected chi connectivity index (χ0v) is 31.6. The van der Waals surface area contributed by atoms with Crippen LogP contribution in [0, 0.1) is 35.5 Å². The first-order valence-electron chi connectivity index (χ1n) is 19.0. The fourth-order valence-corrected chi connectivity index (χ4v) is 5.68. The minimum Gasteiger partial charge on any atom is -0.490 e. The van der Waals surface area contributed by atoms with E-state index in [0.717, 1.165) is 37.0 Å². The first-order valence-corrected chi connectivity index (χ1v) is 19.0. The number of rotatable bonds is 28. The molecule has 0 bridgehead atoms. The summed E-state index contributed by atoms with van der Waals surface area (Å²) in [5.74, 6) is 5.61. The largest absolute Gasteiger partial charge is 0.490 e. The van der Waals surface area contributed by atoms with Gasteiger partial charge in [-0.2, -0.15) is 0 Å². The molecule has 46 heavy (non-hydrogen) atoms. The predicted molar refractivity (Wildman–Crippen MR) is 196 cm³/mol. The summed E-state index contributed by atoms with van der Waals surface area (Å²) in [6.07, 6.45) is 15.4. The zero-order valence-electron chi connectivity index (χ0n) is 31.6. The van der Waals surface area contributed by atoms with Gasteiger partial charge in [0.15, 0.2) is 11.5 Å². The molecule has 0 radical (unpaired) electrons. The smallest absolute Gasteiger partial charge is 0.251 e. The van der Waals surface area contributed by atoms with Gasteiger partial charge in [0.05, 0.1) is 19.8 Å². The fourth-order valence-electron chi connectivity index (χ4n) is 5.68. The van der Waals surface area contributed by atoms with Crippen molar-refractivity contribution in [1.82, 2.24) is 5.32 Å². The molecule has 3 atom stereocenters. The highest BCUT2D eigenvalue weighted by atomic mass is 16.5. The Labute approximate surface area is 284 Å². The van der Waals surface area contributed by atoms with Crippen LogP contribution in [0.2, 0.25) is 0 Å². The van der Waals surface area contributed by atoms with Crippen LogP contribution in [-0.2, 0) is 0 Å². The number of unbranched alkanes of at least 4 members (excludes halogenated alkanes) is 1. The Balaban J connectivity index is 3.09. The molecule has 0 saturated carbocycles. The summed E-state index contributed by atoms with van der Waals surface area (Å²) < 4.78 is 19.3. The number of hydrogen-bond donors (Lipinski definition) is 2. The number of nitrogens with one attached hydrogen (secondary N) is 1. The number of carbonyl (C=O) groups excluding carboxylic acids is 1. The number of amides is 1. The quantitative estimate of drug-likeness (QED) is 0.0885. The Hall–Kier alpha value is -1.95. The number of carbonyl (C=O) groups is 1. The Bertz CT molecular complexity index is 917. The van der Waals surface area contributed by atoms with Crippen molar-refractivity contribution >= 4 is 5.91 Å². The molecule has 3 N–H and O–H groups in total. The van der Waals surface area contributed by atoms with Crippen molar-refractivity contribution in [3.05, 3.63) is 17.7 Å². The van der Waals surface area contributed by atoms with Crippen molar-refractivity contribution < 1.29 is 19.0 Å². The third-order valence-electron chi connectivity index (χ3n) is 8.99. The van der Waals surface area contributed by atoms with Crippen LogP contribution in [0.25, 0.3) is 0 Å². The summed E-state index contributed by atoms with van der Waals surface area (Å²) in [6, 6.07) is 3.64. The number of ether oxygens (including phenoxy) is 3. The molecule has 0 spiro atoms. The SMILES string of the molecule is CC(C)CCCC[C@H](C)CCOc1cc(C(=O)NCCN)cc(OCC[C@@H](C)CCCC(C)C)c1OCC[C@@H](C)CCCC(C)C. The number of hydrogen-bond acceptors (Lipinski definition) is 5. The van der Waals surface area contributed by atoms with E-state index in [0.29, 0.717) is 73.5 Å². The van der Waals surface area contributed by atoms with Gasteiger partial charge in [0.25, 0.3) is 5.91 Å². The van der Waals surface area contributed by atoms with Crippen molar-refractivity contribution in [2.45, 2.75) is 146 Å². The van der Waals surface area contributed by atoms with Gasteiger partial charge in [-0.3, -0.25) is 4.79 Å². The van der Waals surface area contributed by atoms with Crippen molar-refractivity contribution in [1.29, 1.82) is 0 Å². The van der Waals surface area contributed by atoms with Gasteiger partial charge in [-0.25, -0.2) is 0 Å². The summed E-state index contributed by atoms with van der Waals surface area (Å²) in [7, 11) is 0. The molecule has 1 rings (SSSR count). The summed E-state index contributed by atoms with van der Waals surface area (Å²) in [5.41, 5.74) is 6.19. The Morgan fingerprint density at radius 1 is 0.587 bits per heavy atom.